The molecule has 0 radical (unpaired) electrons. The van der Waals surface area contributed by atoms with E-state index in [1.54, 1.807) is 24.4 Å². The first-order valence-corrected chi connectivity index (χ1v) is 5.86. The maximum Gasteiger partial charge on any atom is 0.335 e. The minimum atomic E-state index is -0.906. The van der Waals surface area contributed by atoms with Gasteiger partial charge in [0.05, 0.1) is 5.56 Å². The van der Waals surface area contributed by atoms with Crippen molar-refractivity contribution in [2.24, 2.45) is 0 Å². The summed E-state index contributed by atoms with van der Waals surface area (Å²) in [7, 11) is 0. The highest BCUT2D eigenvalue weighted by atomic mass is 32.2. The Kier molecular flexibility index (Phi) is 3.03. The van der Waals surface area contributed by atoms with Crippen molar-refractivity contribution in [3.05, 3.63) is 41.4 Å². The lowest BCUT2D eigenvalue weighted by Gasteiger charge is -1.99. The zero-order chi connectivity index (χ0) is 10.7. The molecule has 0 spiro atoms. The monoisotopic (exact) mass is 237 g/mol. The SMILES string of the molecule is O=C(O)c1cccc(Sc2nccs2)c1. The molecule has 0 amide bonds. The summed E-state index contributed by atoms with van der Waals surface area (Å²) in [5.74, 6) is -0.906. The third kappa shape index (κ3) is 2.57. The van der Waals surface area contributed by atoms with Crippen molar-refractivity contribution >= 4 is 29.1 Å². The molecule has 15 heavy (non-hydrogen) atoms. The van der Waals surface area contributed by atoms with Crippen LogP contribution in [-0.2, 0) is 0 Å². The Hall–Kier alpha value is -1.33. The number of aromatic carboxylic acids is 1. The van der Waals surface area contributed by atoms with Crippen LogP contribution in [0.2, 0.25) is 0 Å². The Morgan fingerprint density at radius 1 is 1.47 bits per heavy atom. The molecule has 1 N–H and O–H groups in total. The molecule has 1 heterocycles. The number of carboxylic acid groups (broad SMARTS) is 1. The highest BCUT2D eigenvalue weighted by Gasteiger charge is 2.05. The van der Waals surface area contributed by atoms with E-state index in [1.165, 1.54) is 23.1 Å². The summed E-state index contributed by atoms with van der Waals surface area (Å²) in [5, 5.41) is 10.7. The van der Waals surface area contributed by atoms with E-state index in [4.69, 9.17) is 5.11 Å². The molecule has 0 aliphatic carbocycles. The number of hydrogen-bond acceptors (Lipinski definition) is 4. The molecular formula is C10H7NO2S2. The number of thiazole rings is 1. The fourth-order valence-corrected chi connectivity index (χ4v) is 2.71. The molecule has 0 aliphatic heterocycles. The van der Waals surface area contributed by atoms with Gasteiger partial charge in [0.1, 0.15) is 0 Å². The maximum atomic E-state index is 10.7. The number of aromatic nitrogens is 1. The van der Waals surface area contributed by atoms with Crippen molar-refractivity contribution in [1.82, 2.24) is 4.98 Å². The molecule has 2 aromatic rings. The highest BCUT2D eigenvalue weighted by molar-refractivity contribution is 8.01. The number of carbonyl (C=O) groups is 1. The molecule has 1 aromatic carbocycles. The summed E-state index contributed by atoms with van der Waals surface area (Å²) < 4.78 is 0.914. The summed E-state index contributed by atoms with van der Waals surface area (Å²) in [6.07, 6.45) is 1.73. The Balaban J connectivity index is 2.22. The van der Waals surface area contributed by atoms with Gasteiger partial charge in [0, 0.05) is 16.5 Å². The normalized spacial score (nSPS) is 10.1. The van der Waals surface area contributed by atoms with Gasteiger partial charge in [-0.2, -0.15) is 0 Å². The second-order valence-electron chi connectivity index (χ2n) is 2.73. The standard InChI is InChI=1S/C10H7NO2S2/c12-9(13)7-2-1-3-8(6-7)15-10-11-4-5-14-10/h1-6H,(H,12,13). The minimum Gasteiger partial charge on any atom is -0.478 e. The van der Waals surface area contributed by atoms with Gasteiger partial charge >= 0.3 is 5.97 Å². The van der Waals surface area contributed by atoms with Crippen LogP contribution in [0.25, 0.3) is 0 Å². The smallest absolute Gasteiger partial charge is 0.335 e. The van der Waals surface area contributed by atoms with Crippen LogP contribution in [0.1, 0.15) is 10.4 Å². The molecule has 5 heteroatoms. The van der Waals surface area contributed by atoms with Crippen LogP contribution in [0.3, 0.4) is 0 Å². The van der Waals surface area contributed by atoms with Gasteiger partial charge in [0.25, 0.3) is 0 Å². The number of rotatable bonds is 3. The van der Waals surface area contributed by atoms with Crippen LogP contribution in [0.4, 0.5) is 0 Å². The van der Waals surface area contributed by atoms with Crippen LogP contribution in [0.5, 0.6) is 0 Å². The topological polar surface area (TPSA) is 50.2 Å². The van der Waals surface area contributed by atoms with E-state index < -0.39 is 5.97 Å². The largest absolute Gasteiger partial charge is 0.478 e. The number of carboxylic acids is 1. The Bertz CT molecular complexity index is 468. The van der Waals surface area contributed by atoms with Crippen molar-refractivity contribution in [3.63, 3.8) is 0 Å². The summed E-state index contributed by atoms with van der Waals surface area (Å²) >= 11 is 3.01. The van der Waals surface area contributed by atoms with Gasteiger partial charge in [-0.15, -0.1) is 11.3 Å². The molecule has 0 aliphatic rings. The van der Waals surface area contributed by atoms with E-state index in [-0.39, 0.29) is 0 Å². The van der Waals surface area contributed by atoms with Crippen LogP contribution < -0.4 is 0 Å². The highest BCUT2D eigenvalue weighted by Crippen LogP contribution is 2.29. The van der Waals surface area contributed by atoms with Gasteiger partial charge in [-0.3, -0.25) is 0 Å². The van der Waals surface area contributed by atoms with Crippen LogP contribution in [0.15, 0.2) is 45.1 Å². The number of nitrogens with zero attached hydrogens (tertiary/aromatic N) is 1. The van der Waals surface area contributed by atoms with Crippen molar-refractivity contribution in [1.29, 1.82) is 0 Å². The first kappa shape index (κ1) is 10.2. The van der Waals surface area contributed by atoms with Gasteiger partial charge in [-0.1, -0.05) is 17.8 Å². The second kappa shape index (κ2) is 4.46. The molecular weight excluding hydrogens is 230 g/mol. The third-order valence-corrected chi connectivity index (χ3v) is 3.57. The van der Waals surface area contributed by atoms with Crippen LogP contribution >= 0.6 is 23.1 Å². The summed E-state index contributed by atoms with van der Waals surface area (Å²) in [4.78, 5) is 15.7. The zero-order valence-electron chi connectivity index (χ0n) is 7.58. The van der Waals surface area contributed by atoms with Gasteiger partial charge < -0.3 is 5.11 Å². The van der Waals surface area contributed by atoms with E-state index in [2.05, 4.69) is 4.98 Å². The van der Waals surface area contributed by atoms with Crippen molar-refractivity contribution in [2.75, 3.05) is 0 Å². The molecule has 0 saturated heterocycles. The maximum absolute atomic E-state index is 10.7. The third-order valence-electron chi connectivity index (χ3n) is 1.70. The van der Waals surface area contributed by atoms with Crippen molar-refractivity contribution < 1.29 is 9.90 Å². The lowest BCUT2D eigenvalue weighted by Crippen LogP contribution is -1.95. The molecule has 0 unspecified atom stereocenters. The van der Waals surface area contributed by atoms with E-state index in [1.807, 2.05) is 11.4 Å². The average molecular weight is 237 g/mol. The minimum absolute atomic E-state index is 0.302. The fourth-order valence-electron chi connectivity index (χ4n) is 1.05. The van der Waals surface area contributed by atoms with E-state index in [9.17, 15) is 4.79 Å². The Morgan fingerprint density at radius 2 is 2.33 bits per heavy atom. The first-order valence-electron chi connectivity index (χ1n) is 4.16. The van der Waals surface area contributed by atoms with E-state index in [0.29, 0.717) is 5.56 Å². The van der Waals surface area contributed by atoms with E-state index >= 15 is 0 Å². The quantitative estimate of drug-likeness (QED) is 0.891. The van der Waals surface area contributed by atoms with Crippen LogP contribution in [0, 0.1) is 0 Å². The molecule has 1 aromatic heterocycles. The van der Waals surface area contributed by atoms with Gasteiger partial charge in [-0.25, -0.2) is 9.78 Å². The molecule has 3 nitrogen and oxygen atoms in total. The summed E-state index contributed by atoms with van der Waals surface area (Å²) in [6.45, 7) is 0. The molecule has 0 fully saturated rings. The molecule has 0 atom stereocenters. The molecule has 2 rings (SSSR count). The molecule has 76 valence electrons. The number of benzene rings is 1. The van der Waals surface area contributed by atoms with Crippen molar-refractivity contribution in [2.45, 2.75) is 9.24 Å². The van der Waals surface area contributed by atoms with Crippen molar-refractivity contribution in [3.8, 4) is 0 Å². The zero-order valence-corrected chi connectivity index (χ0v) is 9.22. The summed E-state index contributed by atoms with van der Waals surface area (Å²) in [5.41, 5.74) is 0.302. The van der Waals surface area contributed by atoms with Crippen LogP contribution in [-0.4, -0.2) is 16.1 Å². The lowest BCUT2D eigenvalue weighted by molar-refractivity contribution is 0.0696. The Morgan fingerprint density at radius 3 is 3.00 bits per heavy atom. The van der Waals surface area contributed by atoms with Gasteiger partial charge in [0.15, 0.2) is 4.34 Å². The predicted molar refractivity (Wildman–Crippen MR) is 59.6 cm³/mol. The van der Waals surface area contributed by atoms with Gasteiger partial charge in [-0.05, 0) is 18.2 Å². The molecule has 0 bridgehead atoms. The predicted octanol–water partition coefficient (Wildman–Crippen LogP) is 2.99. The second-order valence-corrected chi connectivity index (χ2v) is 4.95. The number of hydrogen-bond donors (Lipinski definition) is 1. The van der Waals surface area contributed by atoms with Gasteiger partial charge in [0.2, 0.25) is 0 Å². The fraction of sp³-hybridized carbons (Fsp3) is 0. The first-order chi connectivity index (χ1) is 7.25. The lowest BCUT2D eigenvalue weighted by atomic mass is 10.2. The van der Waals surface area contributed by atoms with E-state index in [0.717, 1.165) is 9.24 Å². The molecule has 0 saturated carbocycles. The summed E-state index contributed by atoms with van der Waals surface area (Å²) in [6, 6.07) is 6.83. The average Bonchev–Trinajstić information content (AvgIpc) is 2.71. The Labute approximate surface area is 94.8 Å².